The topological polar surface area (TPSA) is 41.3 Å². The normalized spacial score (nSPS) is 17.7. The van der Waals surface area contributed by atoms with Gasteiger partial charge in [-0.3, -0.25) is 0 Å². The van der Waals surface area contributed by atoms with Crippen molar-refractivity contribution in [1.29, 1.82) is 0 Å². The Kier molecular flexibility index (Phi) is 4.60. The molecule has 5 heteroatoms. The molecule has 2 heterocycles. The fraction of sp³-hybridized carbons (Fsp3) is 0.562. The van der Waals surface area contributed by atoms with Crippen LogP contribution in [0.2, 0.25) is 0 Å². The number of furan rings is 1. The third kappa shape index (κ3) is 3.14. The van der Waals surface area contributed by atoms with Gasteiger partial charge >= 0.3 is 0 Å². The zero-order valence-electron chi connectivity index (χ0n) is 12.8. The quantitative estimate of drug-likeness (QED) is 0.882. The summed E-state index contributed by atoms with van der Waals surface area (Å²) in [5.74, 6) is 0.994. The molecule has 2 aromatic rings. The molecule has 0 spiro atoms. The highest BCUT2D eigenvalue weighted by atomic mass is 32.1. The molecule has 0 aromatic carbocycles. The van der Waals surface area contributed by atoms with Crippen LogP contribution in [0.5, 0.6) is 0 Å². The van der Waals surface area contributed by atoms with Gasteiger partial charge < -0.3 is 14.6 Å². The molecule has 3 rings (SSSR count). The van der Waals surface area contributed by atoms with Crippen LogP contribution in [0.25, 0.3) is 0 Å². The van der Waals surface area contributed by atoms with Crippen molar-refractivity contribution in [3.8, 4) is 0 Å². The number of rotatable bonds is 6. The van der Waals surface area contributed by atoms with E-state index in [1.54, 1.807) is 6.26 Å². The number of hydrogen-bond donors (Lipinski definition) is 1. The molecule has 1 aliphatic rings. The van der Waals surface area contributed by atoms with Gasteiger partial charge in [-0.05, 0) is 44.9 Å². The lowest BCUT2D eigenvalue weighted by molar-refractivity contribution is 0.476. The molecule has 21 heavy (non-hydrogen) atoms. The van der Waals surface area contributed by atoms with Gasteiger partial charge in [0.2, 0.25) is 0 Å². The molecule has 1 atom stereocenters. The van der Waals surface area contributed by atoms with Gasteiger partial charge in [0.1, 0.15) is 5.76 Å². The fourth-order valence-electron chi connectivity index (χ4n) is 2.89. The van der Waals surface area contributed by atoms with Gasteiger partial charge in [0.15, 0.2) is 5.13 Å². The average molecular weight is 305 g/mol. The highest BCUT2D eigenvalue weighted by Crippen LogP contribution is 2.37. The van der Waals surface area contributed by atoms with Crippen molar-refractivity contribution in [2.45, 2.75) is 45.7 Å². The second-order valence-electron chi connectivity index (χ2n) is 5.40. The standard InChI is InChI=1S/C16H23N3OS/c1-3-17-13-8-5-9-14-15(13)21-16(18-14)19(4-2)11-12-7-6-10-20-12/h6-7,10,13,17H,3-5,8-9,11H2,1-2H3. The number of aromatic nitrogens is 1. The molecular weight excluding hydrogens is 282 g/mol. The summed E-state index contributed by atoms with van der Waals surface area (Å²) in [6.07, 6.45) is 5.31. The minimum atomic E-state index is 0.493. The summed E-state index contributed by atoms with van der Waals surface area (Å²) in [6, 6.07) is 4.46. The Balaban J connectivity index is 1.81. The van der Waals surface area contributed by atoms with Gasteiger partial charge in [-0.15, -0.1) is 0 Å². The Labute approximate surface area is 130 Å². The van der Waals surface area contributed by atoms with Crippen molar-refractivity contribution in [3.05, 3.63) is 34.7 Å². The van der Waals surface area contributed by atoms with Gasteiger partial charge in [-0.25, -0.2) is 4.98 Å². The van der Waals surface area contributed by atoms with Gasteiger partial charge in [-0.1, -0.05) is 18.3 Å². The van der Waals surface area contributed by atoms with Gasteiger partial charge in [0, 0.05) is 17.5 Å². The van der Waals surface area contributed by atoms with Crippen LogP contribution in [-0.4, -0.2) is 18.1 Å². The maximum absolute atomic E-state index is 5.47. The van der Waals surface area contributed by atoms with Crippen LogP contribution in [-0.2, 0) is 13.0 Å². The van der Waals surface area contributed by atoms with Crippen molar-refractivity contribution < 1.29 is 4.42 Å². The van der Waals surface area contributed by atoms with E-state index >= 15 is 0 Å². The molecule has 1 N–H and O–H groups in total. The van der Waals surface area contributed by atoms with Gasteiger partial charge in [-0.2, -0.15) is 0 Å². The van der Waals surface area contributed by atoms with Crippen molar-refractivity contribution >= 4 is 16.5 Å². The molecule has 0 fully saturated rings. The van der Waals surface area contributed by atoms with E-state index in [4.69, 9.17) is 9.40 Å². The monoisotopic (exact) mass is 305 g/mol. The first-order valence-corrected chi connectivity index (χ1v) is 8.63. The molecule has 0 amide bonds. The zero-order chi connectivity index (χ0) is 14.7. The fourth-order valence-corrected chi connectivity index (χ4v) is 4.17. The van der Waals surface area contributed by atoms with E-state index < -0.39 is 0 Å². The van der Waals surface area contributed by atoms with E-state index in [0.29, 0.717) is 6.04 Å². The number of nitrogens with one attached hydrogen (secondary N) is 1. The summed E-state index contributed by atoms with van der Waals surface area (Å²) >= 11 is 1.85. The molecule has 0 saturated carbocycles. The summed E-state index contributed by atoms with van der Waals surface area (Å²) in [4.78, 5) is 8.63. The third-order valence-corrected chi connectivity index (χ3v) is 5.24. The second-order valence-corrected chi connectivity index (χ2v) is 6.41. The van der Waals surface area contributed by atoms with Crippen molar-refractivity contribution in [2.75, 3.05) is 18.0 Å². The lowest BCUT2D eigenvalue weighted by Gasteiger charge is -2.21. The van der Waals surface area contributed by atoms with Crippen LogP contribution >= 0.6 is 11.3 Å². The van der Waals surface area contributed by atoms with E-state index in [0.717, 1.165) is 36.9 Å². The Morgan fingerprint density at radius 3 is 3.10 bits per heavy atom. The second kappa shape index (κ2) is 6.62. The highest BCUT2D eigenvalue weighted by Gasteiger charge is 2.25. The van der Waals surface area contributed by atoms with Crippen LogP contribution < -0.4 is 10.2 Å². The first-order valence-electron chi connectivity index (χ1n) is 7.82. The van der Waals surface area contributed by atoms with Crippen molar-refractivity contribution in [2.24, 2.45) is 0 Å². The molecule has 0 aliphatic heterocycles. The van der Waals surface area contributed by atoms with E-state index in [2.05, 4.69) is 24.1 Å². The summed E-state index contributed by atoms with van der Waals surface area (Å²) in [6.45, 7) is 7.10. The SMILES string of the molecule is CCNC1CCCc2nc(N(CC)Cc3ccco3)sc21. The molecule has 2 aromatic heterocycles. The Morgan fingerprint density at radius 1 is 1.48 bits per heavy atom. The summed E-state index contributed by atoms with van der Waals surface area (Å²) in [7, 11) is 0. The van der Waals surface area contributed by atoms with Crippen molar-refractivity contribution in [3.63, 3.8) is 0 Å². The van der Waals surface area contributed by atoms with Crippen molar-refractivity contribution in [1.82, 2.24) is 10.3 Å². The molecule has 0 saturated heterocycles. The molecule has 4 nitrogen and oxygen atoms in total. The minimum absolute atomic E-state index is 0.493. The molecule has 114 valence electrons. The Bertz CT molecular complexity index is 564. The predicted molar refractivity (Wildman–Crippen MR) is 86.9 cm³/mol. The first kappa shape index (κ1) is 14.6. The largest absolute Gasteiger partial charge is 0.467 e. The summed E-state index contributed by atoms with van der Waals surface area (Å²) in [5, 5.41) is 4.72. The van der Waals surface area contributed by atoms with Crippen LogP contribution in [0, 0.1) is 0 Å². The molecule has 1 aliphatic carbocycles. The van der Waals surface area contributed by atoms with Gasteiger partial charge in [0.05, 0.1) is 18.5 Å². The van der Waals surface area contributed by atoms with E-state index in [1.807, 2.05) is 23.5 Å². The lowest BCUT2D eigenvalue weighted by Crippen LogP contribution is -2.23. The first-order chi connectivity index (χ1) is 10.3. The third-order valence-electron chi connectivity index (χ3n) is 3.97. The summed E-state index contributed by atoms with van der Waals surface area (Å²) in [5.41, 5.74) is 1.30. The minimum Gasteiger partial charge on any atom is -0.467 e. The Morgan fingerprint density at radius 2 is 2.38 bits per heavy atom. The van der Waals surface area contributed by atoms with Crippen LogP contribution in [0.4, 0.5) is 5.13 Å². The lowest BCUT2D eigenvalue weighted by atomic mass is 9.98. The molecule has 0 radical (unpaired) electrons. The molecular formula is C16H23N3OS. The Hall–Kier alpha value is -1.33. The highest BCUT2D eigenvalue weighted by molar-refractivity contribution is 7.15. The number of hydrogen-bond acceptors (Lipinski definition) is 5. The van der Waals surface area contributed by atoms with E-state index in [9.17, 15) is 0 Å². The van der Waals surface area contributed by atoms with Gasteiger partial charge in [0.25, 0.3) is 0 Å². The summed E-state index contributed by atoms with van der Waals surface area (Å²) < 4.78 is 5.47. The number of thiazole rings is 1. The maximum Gasteiger partial charge on any atom is 0.186 e. The maximum atomic E-state index is 5.47. The van der Waals surface area contributed by atoms with Crippen LogP contribution in [0.3, 0.4) is 0 Å². The zero-order valence-corrected chi connectivity index (χ0v) is 13.6. The van der Waals surface area contributed by atoms with Crippen LogP contribution in [0.15, 0.2) is 22.8 Å². The number of anilines is 1. The number of fused-ring (bicyclic) bond motifs is 1. The van der Waals surface area contributed by atoms with Crippen LogP contribution in [0.1, 0.15) is 49.1 Å². The average Bonchev–Trinajstić information content (AvgIpc) is 3.14. The predicted octanol–water partition coefficient (Wildman–Crippen LogP) is 3.75. The number of nitrogens with zero attached hydrogens (tertiary/aromatic N) is 2. The smallest absolute Gasteiger partial charge is 0.186 e. The molecule has 1 unspecified atom stereocenters. The molecule has 0 bridgehead atoms. The van der Waals surface area contributed by atoms with E-state index in [-0.39, 0.29) is 0 Å². The number of aryl methyl sites for hydroxylation is 1. The van der Waals surface area contributed by atoms with E-state index in [1.165, 1.54) is 23.4 Å².